The minimum Gasteiger partial charge on any atom is -0.409 e. The number of nitrogens with two attached hydrogens (primary N) is 1. The number of pyridine rings is 1. The van der Waals surface area contributed by atoms with E-state index in [0.29, 0.717) is 12.2 Å². The number of thiophene rings is 1. The summed E-state index contributed by atoms with van der Waals surface area (Å²) in [5.41, 5.74) is 8.34. The molecule has 0 radical (unpaired) electrons. The first-order valence-corrected chi connectivity index (χ1v) is 7.60. The molecule has 5 nitrogen and oxygen atoms in total. The van der Waals surface area contributed by atoms with Gasteiger partial charge in [-0.3, -0.25) is 9.88 Å². The Bertz CT molecular complexity index is 614. The molecule has 20 heavy (non-hydrogen) atoms. The van der Waals surface area contributed by atoms with Crippen LogP contribution >= 0.6 is 27.3 Å². The van der Waals surface area contributed by atoms with Crippen LogP contribution in [-0.2, 0) is 13.1 Å². The highest BCUT2D eigenvalue weighted by Crippen LogP contribution is 2.22. The van der Waals surface area contributed by atoms with Gasteiger partial charge in [0.1, 0.15) is 5.69 Å². The van der Waals surface area contributed by atoms with E-state index in [4.69, 9.17) is 10.9 Å². The van der Waals surface area contributed by atoms with Gasteiger partial charge < -0.3 is 10.9 Å². The Labute approximate surface area is 129 Å². The molecule has 0 amide bonds. The van der Waals surface area contributed by atoms with Gasteiger partial charge in [-0.1, -0.05) is 11.2 Å². The van der Waals surface area contributed by atoms with E-state index in [0.717, 1.165) is 15.9 Å². The topological polar surface area (TPSA) is 74.7 Å². The summed E-state index contributed by atoms with van der Waals surface area (Å²) in [6, 6.07) is 5.88. The van der Waals surface area contributed by atoms with Crippen molar-refractivity contribution in [1.82, 2.24) is 9.88 Å². The number of hydrogen-bond acceptors (Lipinski definition) is 5. The van der Waals surface area contributed by atoms with Crippen molar-refractivity contribution in [2.24, 2.45) is 10.9 Å². The third kappa shape index (κ3) is 3.78. The first-order valence-electron chi connectivity index (χ1n) is 5.93. The second-order valence-corrected chi connectivity index (χ2v) is 6.72. The number of halogens is 1. The lowest BCUT2D eigenvalue weighted by Crippen LogP contribution is -2.22. The minimum atomic E-state index is 0.0345. The van der Waals surface area contributed by atoms with E-state index in [2.05, 4.69) is 42.4 Å². The van der Waals surface area contributed by atoms with E-state index in [1.54, 1.807) is 17.5 Å². The summed E-state index contributed by atoms with van der Waals surface area (Å²) in [7, 11) is 2.02. The van der Waals surface area contributed by atoms with Gasteiger partial charge in [0, 0.05) is 19.3 Å². The number of amidine groups is 1. The summed E-state index contributed by atoms with van der Waals surface area (Å²) in [6.07, 6.45) is 1.63. The highest BCUT2D eigenvalue weighted by molar-refractivity contribution is 9.11. The molecule has 0 saturated carbocycles. The fraction of sp³-hybridized carbons (Fsp3) is 0.231. The van der Waals surface area contributed by atoms with Crippen molar-refractivity contribution in [3.05, 3.63) is 50.4 Å². The predicted octanol–water partition coefficient (Wildman–Crippen LogP) is 2.63. The summed E-state index contributed by atoms with van der Waals surface area (Å²) < 4.78 is 1.12. The smallest absolute Gasteiger partial charge is 0.189 e. The van der Waals surface area contributed by atoms with Gasteiger partial charge in [-0.25, -0.2) is 0 Å². The Balaban J connectivity index is 2.09. The van der Waals surface area contributed by atoms with Crippen molar-refractivity contribution in [3.63, 3.8) is 0 Å². The molecule has 0 aliphatic rings. The molecule has 0 aliphatic carbocycles. The second-order valence-electron chi connectivity index (χ2n) is 4.43. The van der Waals surface area contributed by atoms with Crippen molar-refractivity contribution in [2.75, 3.05) is 7.05 Å². The van der Waals surface area contributed by atoms with Gasteiger partial charge >= 0.3 is 0 Å². The summed E-state index contributed by atoms with van der Waals surface area (Å²) in [6.45, 7) is 1.50. The molecule has 2 rings (SSSR count). The number of aromatic nitrogens is 1. The average molecular weight is 355 g/mol. The van der Waals surface area contributed by atoms with E-state index in [9.17, 15) is 0 Å². The van der Waals surface area contributed by atoms with Gasteiger partial charge in [0.2, 0.25) is 0 Å². The molecule has 0 aromatic carbocycles. The van der Waals surface area contributed by atoms with Crippen molar-refractivity contribution in [3.8, 4) is 0 Å². The lowest BCUT2D eigenvalue weighted by molar-refractivity contribution is 0.315. The Hall–Kier alpha value is -1.44. The molecular formula is C13H15BrN4OS. The zero-order valence-electron chi connectivity index (χ0n) is 11.0. The van der Waals surface area contributed by atoms with Gasteiger partial charge in [0.25, 0.3) is 0 Å². The molecule has 0 unspecified atom stereocenters. The Morgan fingerprint density at radius 2 is 2.35 bits per heavy atom. The summed E-state index contributed by atoms with van der Waals surface area (Å²) >= 11 is 5.13. The quantitative estimate of drug-likeness (QED) is 0.374. The zero-order valence-corrected chi connectivity index (χ0v) is 13.4. The van der Waals surface area contributed by atoms with Crippen LogP contribution in [0, 0.1) is 0 Å². The molecule has 0 bridgehead atoms. The number of hydrogen-bond donors (Lipinski definition) is 2. The number of oxime groups is 1. The SMILES string of the molecule is CN(Cc1csc(Br)c1)Cc1cccnc1C(N)=NO. The van der Waals surface area contributed by atoms with Crippen molar-refractivity contribution >= 4 is 33.1 Å². The van der Waals surface area contributed by atoms with Crippen LogP contribution in [0.1, 0.15) is 16.8 Å². The second kappa shape index (κ2) is 6.83. The molecule has 0 spiro atoms. The van der Waals surface area contributed by atoms with Gasteiger partial charge in [-0.15, -0.1) is 11.3 Å². The first-order chi connectivity index (χ1) is 9.60. The predicted molar refractivity (Wildman–Crippen MR) is 83.9 cm³/mol. The van der Waals surface area contributed by atoms with Crippen LogP contribution in [0.2, 0.25) is 0 Å². The largest absolute Gasteiger partial charge is 0.409 e. The fourth-order valence-corrected chi connectivity index (χ4v) is 3.13. The maximum absolute atomic E-state index is 8.79. The lowest BCUT2D eigenvalue weighted by Gasteiger charge is -2.17. The normalized spacial score (nSPS) is 12.1. The van der Waals surface area contributed by atoms with E-state index in [-0.39, 0.29) is 5.84 Å². The molecule has 0 aliphatic heterocycles. The summed E-state index contributed by atoms with van der Waals surface area (Å²) in [4.78, 5) is 6.32. The average Bonchev–Trinajstić information content (AvgIpc) is 2.83. The molecule has 2 aromatic rings. The zero-order chi connectivity index (χ0) is 14.5. The number of nitrogens with zero attached hydrogens (tertiary/aromatic N) is 3. The van der Waals surface area contributed by atoms with Crippen LogP contribution in [0.4, 0.5) is 0 Å². The van der Waals surface area contributed by atoms with Crippen molar-refractivity contribution in [1.29, 1.82) is 0 Å². The molecule has 106 valence electrons. The Morgan fingerprint density at radius 3 is 3.00 bits per heavy atom. The van der Waals surface area contributed by atoms with Crippen LogP contribution in [0.5, 0.6) is 0 Å². The summed E-state index contributed by atoms with van der Waals surface area (Å²) in [5, 5.41) is 13.9. The minimum absolute atomic E-state index is 0.0345. The monoisotopic (exact) mass is 354 g/mol. The lowest BCUT2D eigenvalue weighted by atomic mass is 10.1. The molecule has 0 fully saturated rings. The van der Waals surface area contributed by atoms with Crippen LogP contribution < -0.4 is 5.73 Å². The van der Waals surface area contributed by atoms with E-state index < -0.39 is 0 Å². The van der Waals surface area contributed by atoms with E-state index >= 15 is 0 Å². The van der Waals surface area contributed by atoms with E-state index in [1.807, 2.05) is 19.2 Å². The van der Waals surface area contributed by atoms with Gasteiger partial charge in [0.05, 0.1) is 3.79 Å². The maximum Gasteiger partial charge on any atom is 0.189 e. The molecule has 0 atom stereocenters. The van der Waals surface area contributed by atoms with E-state index in [1.165, 1.54) is 5.56 Å². The summed E-state index contributed by atoms with van der Waals surface area (Å²) in [5.74, 6) is 0.0345. The van der Waals surface area contributed by atoms with Gasteiger partial charge in [-0.05, 0) is 51.6 Å². The molecule has 7 heteroatoms. The van der Waals surface area contributed by atoms with Crippen molar-refractivity contribution < 1.29 is 5.21 Å². The fourth-order valence-electron chi connectivity index (χ4n) is 1.93. The molecule has 0 saturated heterocycles. The van der Waals surface area contributed by atoms with Crippen LogP contribution in [0.3, 0.4) is 0 Å². The Kier molecular flexibility index (Phi) is 5.11. The van der Waals surface area contributed by atoms with Crippen LogP contribution in [-0.4, -0.2) is 28.0 Å². The molecule has 2 heterocycles. The molecule has 2 aromatic heterocycles. The highest BCUT2D eigenvalue weighted by atomic mass is 79.9. The molecular weight excluding hydrogens is 340 g/mol. The van der Waals surface area contributed by atoms with Gasteiger partial charge in [0.15, 0.2) is 5.84 Å². The first kappa shape index (κ1) is 15.0. The molecule has 3 N–H and O–H groups in total. The number of rotatable bonds is 5. The van der Waals surface area contributed by atoms with Gasteiger partial charge in [-0.2, -0.15) is 0 Å². The standard InChI is InChI=1S/C13H15BrN4OS/c1-18(6-9-5-11(14)20-8-9)7-10-3-2-4-16-12(10)13(15)17-19/h2-5,8,19H,6-7H2,1H3,(H2,15,17). The third-order valence-corrected chi connectivity index (χ3v) is 4.31. The van der Waals surface area contributed by atoms with Crippen molar-refractivity contribution in [2.45, 2.75) is 13.1 Å². The highest BCUT2D eigenvalue weighted by Gasteiger charge is 2.11. The van der Waals surface area contributed by atoms with Crippen LogP contribution in [0.15, 0.2) is 38.7 Å². The third-order valence-electron chi connectivity index (χ3n) is 2.76. The van der Waals surface area contributed by atoms with Crippen LogP contribution in [0.25, 0.3) is 0 Å². The Morgan fingerprint density at radius 1 is 1.55 bits per heavy atom. The maximum atomic E-state index is 8.79.